The molecule has 1 aliphatic heterocycles. The van der Waals surface area contributed by atoms with Crippen molar-refractivity contribution in [1.29, 1.82) is 0 Å². The first-order chi connectivity index (χ1) is 9.87. The lowest BCUT2D eigenvalue weighted by atomic mass is 9.89. The van der Waals surface area contributed by atoms with Crippen molar-refractivity contribution in [3.8, 4) is 5.75 Å². The molecule has 21 heavy (non-hydrogen) atoms. The zero-order valence-electron chi connectivity index (χ0n) is 12.5. The summed E-state index contributed by atoms with van der Waals surface area (Å²) >= 11 is 0. The van der Waals surface area contributed by atoms with Gasteiger partial charge in [-0.2, -0.15) is 0 Å². The second kappa shape index (κ2) is 5.79. The molecule has 0 spiro atoms. The molecule has 1 heterocycles. The van der Waals surface area contributed by atoms with Gasteiger partial charge in [-0.15, -0.1) is 0 Å². The molecule has 6 heteroatoms. The number of carbonyl (C=O) groups is 1. The molecule has 0 aromatic heterocycles. The summed E-state index contributed by atoms with van der Waals surface area (Å²) in [6.07, 6.45) is 1.45. The van der Waals surface area contributed by atoms with Gasteiger partial charge >= 0.3 is 0 Å². The molecule has 0 aliphatic carbocycles. The van der Waals surface area contributed by atoms with Crippen molar-refractivity contribution < 1.29 is 13.9 Å². The lowest BCUT2D eigenvalue weighted by Crippen LogP contribution is -2.37. The number of rotatable bonds is 5. The van der Waals surface area contributed by atoms with Gasteiger partial charge in [-0.25, -0.2) is 4.39 Å². The number of nitrogen functional groups attached to an aromatic ring is 1. The van der Waals surface area contributed by atoms with Gasteiger partial charge < -0.3 is 21.1 Å². The summed E-state index contributed by atoms with van der Waals surface area (Å²) in [4.78, 5) is 13.5. The fraction of sp³-hybridized carbons (Fsp3) is 0.533. The van der Waals surface area contributed by atoms with Crippen LogP contribution in [0, 0.1) is 11.2 Å². The maximum absolute atomic E-state index is 13.8. The van der Waals surface area contributed by atoms with Crippen LogP contribution in [0.3, 0.4) is 0 Å². The van der Waals surface area contributed by atoms with Crippen molar-refractivity contribution in [3.63, 3.8) is 0 Å². The van der Waals surface area contributed by atoms with Crippen molar-refractivity contribution in [2.45, 2.75) is 26.7 Å². The van der Waals surface area contributed by atoms with Crippen molar-refractivity contribution in [1.82, 2.24) is 0 Å². The van der Waals surface area contributed by atoms with E-state index < -0.39 is 11.2 Å². The van der Waals surface area contributed by atoms with Crippen LogP contribution in [-0.4, -0.2) is 25.6 Å². The number of nitrogens with two attached hydrogens (primary N) is 2. The van der Waals surface area contributed by atoms with E-state index in [9.17, 15) is 9.18 Å². The van der Waals surface area contributed by atoms with Crippen LogP contribution in [0.4, 0.5) is 15.8 Å². The Hall–Kier alpha value is -1.98. The number of halogens is 1. The first-order valence-corrected chi connectivity index (χ1v) is 7.14. The Morgan fingerprint density at radius 2 is 2.24 bits per heavy atom. The second-order valence-corrected chi connectivity index (χ2v) is 5.79. The Balaban J connectivity index is 2.26. The summed E-state index contributed by atoms with van der Waals surface area (Å²) in [5.41, 5.74) is 11.8. The van der Waals surface area contributed by atoms with Crippen LogP contribution in [-0.2, 0) is 4.79 Å². The Labute approximate surface area is 124 Å². The van der Waals surface area contributed by atoms with E-state index >= 15 is 0 Å². The van der Waals surface area contributed by atoms with Crippen molar-refractivity contribution in [2.75, 3.05) is 30.3 Å². The number of amides is 1. The number of ether oxygens (including phenoxy) is 1. The monoisotopic (exact) mass is 295 g/mol. The Morgan fingerprint density at radius 1 is 1.52 bits per heavy atom. The smallest absolute Gasteiger partial charge is 0.225 e. The zero-order valence-corrected chi connectivity index (χ0v) is 12.5. The van der Waals surface area contributed by atoms with Crippen molar-refractivity contribution in [2.24, 2.45) is 11.1 Å². The molecule has 116 valence electrons. The minimum absolute atomic E-state index is 0.189. The third-order valence-electron chi connectivity index (χ3n) is 3.95. The molecule has 1 aromatic carbocycles. The molecule has 1 aromatic rings. The number of carbonyl (C=O) groups excluding carboxylic acids is 1. The Bertz CT molecular complexity index is 550. The van der Waals surface area contributed by atoms with Gasteiger partial charge in [0.1, 0.15) is 0 Å². The summed E-state index contributed by atoms with van der Waals surface area (Å²) in [6, 6.07) is 2.87. The average molecular weight is 295 g/mol. The Kier molecular flexibility index (Phi) is 4.25. The van der Waals surface area contributed by atoms with Crippen molar-refractivity contribution in [3.05, 3.63) is 17.9 Å². The molecule has 1 aliphatic rings. The van der Waals surface area contributed by atoms with E-state index in [4.69, 9.17) is 16.2 Å². The third-order valence-corrected chi connectivity index (χ3v) is 3.95. The predicted octanol–water partition coefficient (Wildman–Crippen LogP) is 1.90. The van der Waals surface area contributed by atoms with Gasteiger partial charge in [0, 0.05) is 25.2 Å². The van der Waals surface area contributed by atoms with Gasteiger partial charge in [-0.1, -0.05) is 6.92 Å². The molecular formula is C15H22FN3O2. The maximum atomic E-state index is 13.8. The first kappa shape index (κ1) is 15.4. The highest BCUT2D eigenvalue weighted by Crippen LogP contribution is 2.38. The van der Waals surface area contributed by atoms with Gasteiger partial charge in [-0.05, 0) is 19.8 Å². The molecule has 0 radical (unpaired) electrons. The first-order valence-electron chi connectivity index (χ1n) is 7.14. The Morgan fingerprint density at radius 3 is 2.81 bits per heavy atom. The van der Waals surface area contributed by atoms with Crippen LogP contribution < -0.4 is 21.1 Å². The van der Waals surface area contributed by atoms with E-state index in [-0.39, 0.29) is 11.7 Å². The molecule has 0 bridgehead atoms. The van der Waals surface area contributed by atoms with Crippen LogP contribution >= 0.6 is 0 Å². The molecule has 1 atom stereocenters. The van der Waals surface area contributed by atoms with E-state index in [1.165, 1.54) is 6.07 Å². The largest absolute Gasteiger partial charge is 0.490 e. The quantitative estimate of drug-likeness (QED) is 0.813. The zero-order chi connectivity index (χ0) is 15.6. The fourth-order valence-corrected chi connectivity index (χ4v) is 2.52. The second-order valence-electron chi connectivity index (χ2n) is 5.79. The van der Waals surface area contributed by atoms with Gasteiger partial charge in [0.05, 0.1) is 23.4 Å². The molecule has 1 amide bonds. The number of benzene rings is 1. The van der Waals surface area contributed by atoms with E-state index in [0.29, 0.717) is 37.5 Å². The molecule has 0 saturated carbocycles. The van der Waals surface area contributed by atoms with Crippen LogP contribution in [0.15, 0.2) is 12.1 Å². The van der Waals surface area contributed by atoms with Gasteiger partial charge in [0.15, 0.2) is 11.6 Å². The maximum Gasteiger partial charge on any atom is 0.225 e. The van der Waals surface area contributed by atoms with Crippen molar-refractivity contribution >= 4 is 17.3 Å². The van der Waals surface area contributed by atoms with E-state index in [2.05, 4.69) is 0 Å². The number of primary amides is 1. The topological polar surface area (TPSA) is 81.6 Å². The molecule has 1 fully saturated rings. The number of nitrogens with zero attached hydrogens (tertiary/aromatic N) is 1. The summed E-state index contributed by atoms with van der Waals surface area (Å²) in [7, 11) is 0. The summed E-state index contributed by atoms with van der Waals surface area (Å²) < 4.78 is 19.2. The van der Waals surface area contributed by atoms with Crippen LogP contribution in [0.5, 0.6) is 5.75 Å². The van der Waals surface area contributed by atoms with Gasteiger partial charge in [0.2, 0.25) is 5.91 Å². The SMILES string of the molecule is CCCOc1cc(N2CCC(C)(C(N)=O)C2)c(N)cc1F. The van der Waals surface area contributed by atoms with E-state index in [0.717, 1.165) is 6.42 Å². The molecule has 2 rings (SSSR count). The van der Waals surface area contributed by atoms with E-state index in [1.54, 1.807) is 6.07 Å². The molecule has 1 saturated heterocycles. The standard InChI is InChI=1S/C15H22FN3O2/c1-3-6-21-13-8-12(11(17)7-10(13)16)19-5-4-15(2,9-19)14(18)20/h7-8H,3-6,9,17H2,1-2H3,(H2,18,20). The molecule has 5 nitrogen and oxygen atoms in total. The van der Waals surface area contributed by atoms with E-state index in [1.807, 2.05) is 18.7 Å². The van der Waals surface area contributed by atoms with Crippen LogP contribution in [0.1, 0.15) is 26.7 Å². The average Bonchev–Trinajstić information content (AvgIpc) is 2.82. The number of hydrogen-bond donors (Lipinski definition) is 2. The summed E-state index contributed by atoms with van der Waals surface area (Å²) in [6.45, 7) is 5.37. The minimum atomic E-state index is -0.578. The van der Waals surface area contributed by atoms with Crippen LogP contribution in [0.25, 0.3) is 0 Å². The highest BCUT2D eigenvalue weighted by atomic mass is 19.1. The number of hydrogen-bond acceptors (Lipinski definition) is 4. The lowest BCUT2D eigenvalue weighted by Gasteiger charge is -2.24. The van der Waals surface area contributed by atoms with Crippen LogP contribution in [0.2, 0.25) is 0 Å². The van der Waals surface area contributed by atoms with Gasteiger partial charge in [0.25, 0.3) is 0 Å². The number of anilines is 2. The highest BCUT2D eigenvalue weighted by molar-refractivity contribution is 5.83. The third kappa shape index (κ3) is 3.04. The predicted molar refractivity (Wildman–Crippen MR) is 80.7 cm³/mol. The molecular weight excluding hydrogens is 273 g/mol. The summed E-state index contributed by atoms with van der Waals surface area (Å²) in [5.74, 6) is -0.608. The normalized spacial score (nSPS) is 21.6. The fourth-order valence-electron chi connectivity index (χ4n) is 2.52. The summed E-state index contributed by atoms with van der Waals surface area (Å²) in [5, 5.41) is 0. The lowest BCUT2D eigenvalue weighted by molar-refractivity contribution is -0.125. The van der Waals surface area contributed by atoms with Gasteiger partial charge in [-0.3, -0.25) is 4.79 Å². The minimum Gasteiger partial charge on any atom is -0.490 e. The highest BCUT2D eigenvalue weighted by Gasteiger charge is 2.39. The molecule has 1 unspecified atom stereocenters. The molecule has 4 N–H and O–H groups in total.